The summed E-state index contributed by atoms with van der Waals surface area (Å²) in [7, 11) is 0. The lowest BCUT2D eigenvalue weighted by Crippen LogP contribution is -2.23. The summed E-state index contributed by atoms with van der Waals surface area (Å²) in [4.78, 5) is 27.8. The van der Waals surface area contributed by atoms with Crippen LogP contribution in [0.4, 0.5) is 0 Å². The number of rotatable bonds is 5. The summed E-state index contributed by atoms with van der Waals surface area (Å²) in [6.45, 7) is 1.86. The Morgan fingerprint density at radius 1 is 1.46 bits per heavy atom. The predicted octanol–water partition coefficient (Wildman–Crippen LogP) is 3.16. The van der Waals surface area contributed by atoms with Gasteiger partial charge in [0.1, 0.15) is 11.9 Å². The summed E-state index contributed by atoms with van der Waals surface area (Å²) >= 11 is 5.27. The van der Waals surface area contributed by atoms with E-state index < -0.39 is 12.1 Å². The molecule has 3 aromatic rings. The zero-order valence-electron chi connectivity index (χ0n) is 13.9. The van der Waals surface area contributed by atoms with Crippen LogP contribution in [0.3, 0.4) is 0 Å². The lowest BCUT2D eigenvalue weighted by molar-refractivity contribution is 0.0351. The largest absolute Gasteiger partial charge is 0.467 e. The van der Waals surface area contributed by atoms with Gasteiger partial charge in [-0.3, -0.25) is 9.36 Å². The Labute approximate surface area is 153 Å². The number of carbonyl (C=O) groups is 1. The zero-order valence-corrected chi connectivity index (χ0v) is 14.7. The Hall–Kier alpha value is -3.18. The van der Waals surface area contributed by atoms with Crippen LogP contribution < -0.4 is 5.56 Å². The molecular formula is C18H15N3O4S. The molecule has 0 saturated heterocycles. The number of nitrogens with one attached hydrogen (secondary N) is 1. The fraction of sp³-hybridized carbons (Fsp3) is 0.222. The molecule has 0 fully saturated rings. The van der Waals surface area contributed by atoms with Gasteiger partial charge < -0.3 is 14.1 Å². The van der Waals surface area contributed by atoms with Crippen LogP contribution in [0.2, 0.25) is 0 Å². The van der Waals surface area contributed by atoms with Gasteiger partial charge in [-0.2, -0.15) is 5.26 Å². The molecule has 1 atom stereocenters. The Morgan fingerprint density at radius 2 is 2.27 bits per heavy atom. The highest BCUT2D eigenvalue weighted by atomic mass is 32.1. The van der Waals surface area contributed by atoms with Crippen molar-refractivity contribution in [3.8, 4) is 6.07 Å². The smallest absolute Gasteiger partial charge is 0.338 e. The number of carbonyl (C=O) groups excluding carboxylic acids is 1. The van der Waals surface area contributed by atoms with Crippen LogP contribution in [0.5, 0.6) is 0 Å². The van der Waals surface area contributed by atoms with Gasteiger partial charge in [-0.1, -0.05) is 0 Å². The van der Waals surface area contributed by atoms with E-state index in [2.05, 4.69) is 4.98 Å². The highest BCUT2D eigenvalue weighted by Crippen LogP contribution is 2.14. The predicted molar refractivity (Wildman–Crippen MR) is 96.3 cm³/mol. The van der Waals surface area contributed by atoms with E-state index in [0.29, 0.717) is 16.7 Å². The monoisotopic (exact) mass is 369 g/mol. The van der Waals surface area contributed by atoms with Crippen molar-refractivity contribution in [1.29, 1.82) is 5.26 Å². The van der Waals surface area contributed by atoms with E-state index >= 15 is 0 Å². The SMILES string of the molecule is C[C@@H](CC#N)OC(=O)c1ccc2c(=O)n(Cc3ccco3)c(=S)[nH]c2c1. The number of nitriles is 1. The van der Waals surface area contributed by atoms with Gasteiger partial charge in [0.2, 0.25) is 0 Å². The van der Waals surface area contributed by atoms with E-state index in [0.717, 1.165) is 0 Å². The highest BCUT2D eigenvalue weighted by molar-refractivity contribution is 7.71. The fourth-order valence-corrected chi connectivity index (χ4v) is 2.76. The van der Waals surface area contributed by atoms with Crippen LogP contribution in [-0.2, 0) is 11.3 Å². The second-order valence-corrected chi connectivity index (χ2v) is 6.13. The number of hydrogen-bond acceptors (Lipinski definition) is 6. The minimum absolute atomic E-state index is 0.110. The van der Waals surface area contributed by atoms with E-state index in [1.807, 2.05) is 6.07 Å². The summed E-state index contributed by atoms with van der Waals surface area (Å²) in [5.41, 5.74) is 0.437. The van der Waals surface area contributed by atoms with Crippen LogP contribution in [0.25, 0.3) is 10.9 Å². The fourth-order valence-electron chi connectivity index (χ4n) is 2.50. The maximum Gasteiger partial charge on any atom is 0.338 e. The number of esters is 1. The average Bonchev–Trinajstić information content (AvgIpc) is 3.11. The Bertz CT molecular complexity index is 1110. The first kappa shape index (κ1) is 17.6. The van der Waals surface area contributed by atoms with Gasteiger partial charge in [0.25, 0.3) is 5.56 Å². The highest BCUT2D eigenvalue weighted by Gasteiger charge is 2.14. The summed E-state index contributed by atoms with van der Waals surface area (Å²) in [5, 5.41) is 9.03. The molecule has 0 aliphatic rings. The molecule has 0 radical (unpaired) electrons. The van der Waals surface area contributed by atoms with Crippen molar-refractivity contribution in [2.24, 2.45) is 0 Å². The number of fused-ring (bicyclic) bond motifs is 1. The Balaban J connectivity index is 1.96. The van der Waals surface area contributed by atoms with Gasteiger partial charge in [0.15, 0.2) is 4.77 Å². The second kappa shape index (κ2) is 7.37. The minimum Gasteiger partial charge on any atom is -0.467 e. The first-order chi connectivity index (χ1) is 12.5. The molecule has 0 spiro atoms. The number of benzene rings is 1. The van der Waals surface area contributed by atoms with Crippen molar-refractivity contribution >= 4 is 29.1 Å². The molecule has 2 aromatic heterocycles. The quantitative estimate of drug-likeness (QED) is 0.548. The standard InChI is InChI=1S/C18H15N3O4S/c1-11(6-7-19)25-17(23)12-4-5-14-15(9-12)20-18(26)21(16(14)22)10-13-3-2-8-24-13/h2-5,8-9,11H,6,10H2,1H3,(H,20,26)/t11-/m0/s1. The van der Waals surface area contributed by atoms with Gasteiger partial charge in [0, 0.05) is 0 Å². The lowest BCUT2D eigenvalue weighted by Gasteiger charge is -2.11. The van der Waals surface area contributed by atoms with Crippen molar-refractivity contribution in [2.45, 2.75) is 26.0 Å². The van der Waals surface area contributed by atoms with Crippen molar-refractivity contribution in [1.82, 2.24) is 9.55 Å². The molecule has 7 nitrogen and oxygen atoms in total. The number of aromatic nitrogens is 2. The molecule has 1 aromatic carbocycles. The van der Waals surface area contributed by atoms with E-state index in [9.17, 15) is 9.59 Å². The van der Waals surface area contributed by atoms with Crippen molar-refractivity contribution in [2.75, 3.05) is 0 Å². The third kappa shape index (κ3) is 3.58. The minimum atomic E-state index is -0.561. The lowest BCUT2D eigenvalue weighted by atomic mass is 10.1. The molecule has 2 heterocycles. The van der Waals surface area contributed by atoms with Gasteiger partial charge in [0.05, 0.1) is 41.8 Å². The topological polar surface area (TPSA) is 101 Å². The summed E-state index contributed by atoms with van der Waals surface area (Å²) < 4.78 is 12.1. The maximum atomic E-state index is 12.7. The van der Waals surface area contributed by atoms with Gasteiger partial charge >= 0.3 is 5.97 Å². The van der Waals surface area contributed by atoms with Crippen LogP contribution in [0.15, 0.2) is 45.8 Å². The molecule has 0 unspecified atom stereocenters. The average molecular weight is 369 g/mol. The summed E-state index contributed by atoms with van der Waals surface area (Å²) in [5.74, 6) is 0.0476. The third-order valence-electron chi connectivity index (χ3n) is 3.80. The molecule has 0 aliphatic carbocycles. The van der Waals surface area contributed by atoms with Gasteiger partial charge in [-0.05, 0) is 49.5 Å². The van der Waals surface area contributed by atoms with Crippen LogP contribution in [-0.4, -0.2) is 21.6 Å². The Kier molecular flexibility index (Phi) is 5.00. The number of H-pyrrole nitrogens is 1. The number of aromatic amines is 1. The van der Waals surface area contributed by atoms with Gasteiger partial charge in [-0.15, -0.1) is 0 Å². The van der Waals surface area contributed by atoms with E-state index in [4.69, 9.17) is 26.6 Å². The zero-order chi connectivity index (χ0) is 18.7. The molecular weight excluding hydrogens is 354 g/mol. The molecule has 0 bridgehead atoms. The van der Waals surface area contributed by atoms with Crippen molar-refractivity contribution in [3.63, 3.8) is 0 Å². The number of nitrogens with zero attached hydrogens (tertiary/aromatic N) is 2. The number of hydrogen-bond donors (Lipinski definition) is 1. The molecule has 26 heavy (non-hydrogen) atoms. The molecule has 0 saturated carbocycles. The summed E-state index contributed by atoms with van der Waals surface area (Å²) in [6.07, 6.45) is 1.13. The first-order valence-corrected chi connectivity index (χ1v) is 8.27. The van der Waals surface area contributed by atoms with Crippen LogP contribution >= 0.6 is 12.2 Å². The van der Waals surface area contributed by atoms with Crippen molar-refractivity contribution < 1.29 is 13.9 Å². The molecule has 3 rings (SSSR count). The van der Waals surface area contributed by atoms with E-state index in [1.165, 1.54) is 23.0 Å². The van der Waals surface area contributed by atoms with Gasteiger partial charge in [-0.25, -0.2) is 4.79 Å². The summed E-state index contributed by atoms with van der Waals surface area (Å²) in [6, 6.07) is 10.0. The molecule has 0 amide bonds. The van der Waals surface area contributed by atoms with E-state index in [-0.39, 0.29) is 28.9 Å². The molecule has 132 valence electrons. The third-order valence-corrected chi connectivity index (χ3v) is 4.12. The molecule has 1 N–H and O–H groups in total. The molecule has 0 aliphatic heterocycles. The normalized spacial score (nSPS) is 11.8. The van der Waals surface area contributed by atoms with Crippen LogP contribution in [0, 0.1) is 16.1 Å². The number of furan rings is 1. The first-order valence-electron chi connectivity index (χ1n) is 7.87. The Morgan fingerprint density at radius 3 is 2.96 bits per heavy atom. The number of ether oxygens (including phenoxy) is 1. The maximum absolute atomic E-state index is 12.7. The molecule has 8 heteroatoms. The van der Waals surface area contributed by atoms with E-state index in [1.54, 1.807) is 25.1 Å². The van der Waals surface area contributed by atoms with Crippen molar-refractivity contribution in [3.05, 3.63) is 63.0 Å². The van der Waals surface area contributed by atoms with Crippen LogP contribution in [0.1, 0.15) is 29.5 Å². The second-order valence-electron chi connectivity index (χ2n) is 5.74.